The number of nitrogens with one attached hydrogen (secondary N) is 1. The van der Waals surface area contributed by atoms with Gasteiger partial charge in [0.15, 0.2) is 5.69 Å². The first-order valence-corrected chi connectivity index (χ1v) is 5.58. The molecule has 18 heavy (non-hydrogen) atoms. The van der Waals surface area contributed by atoms with Crippen molar-refractivity contribution in [1.29, 1.82) is 0 Å². The average Bonchev–Trinajstić information content (AvgIpc) is 2.78. The SMILES string of the molecule is CC(C)n1cc(Nc2cccc(C(=O)O)n2)cn1. The fourth-order valence-corrected chi connectivity index (χ4v) is 1.46. The summed E-state index contributed by atoms with van der Waals surface area (Å²) in [5, 5.41) is 16.0. The van der Waals surface area contributed by atoms with E-state index in [9.17, 15) is 4.79 Å². The summed E-state index contributed by atoms with van der Waals surface area (Å²) >= 11 is 0. The lowest BCUT2D eigenvalue weighted by molar-refractivity contribution is 0.0690. The van der Waals surface area contributed by atoms with E-state index in [0.29, 0.717) is 5.82 Å². The van der Waals surface area contributed by atoms with Gasteiger partial charge in [0.25, 0.3) is 0 Å². The quantitative estimate of drug-likeness (QED) is 0.865. The minimum absolute atomic E-state index is 0.0104. The smallest absolute Gasteiger partial charge is 0.354 e. The van der Waals surface area contributed by atoms with E-state index in [1.54, 1.807) is 18.3 Å². The third-order valence-corrected chi connectivity index (χ3v) is 2.37. The van der Waals surface area contributed by atoms with E-state index in [1.165, 1.54) is 6.07 Å². The summed E-state index contributed by atoms with van der Waals surface area (Å²) in [5.41, 5.74) is 0.787. The minimum atomic E-state index is -1.04. The van der Waals surface area contributed by atoms with Gasteiger partial charge in [0.2, 0.25) is 0 Å². The maximum absolute atomic E-state index is 10.8. The van der Waals surface area contributed by atoms with Crippen LogP contribution >= 0.6 is 0 Å². The number of carboxylic acid groups (broad SMARTS) is 1. The first-order valence-electron chi connectivity index (χ1n) is 5.58. The second-order valence-corrected chi connectivity index (χ2v) is 4.14. The number of nitrogens with zero attached hydrogens (tertiary/aromatic N) is 3. The van der Waals surface area contributed by atoms with E-state index in [-0.39, 0.29) is 11.7 Å². The molecule has 2 N–H and O–H groups in total. The van der Waals surface area contributed by atoms with Crippen LogP contribution in [0.5, 0.6) is 0 Å². The van der Waals surface area contributed by atoms with Crippen molar-refractivity contribution in [2.75, 3.05) is 5.32 Å². The van der Waals surface area contributed by atoms with Crippen LogP contribution in [0.25, 0.3) is 0 Å². The van der Waals surface area contributed by atoms with Crippen molar-refractivity contribution in [3.8, 4) is 0 Å². The standard InChI is InChI=1S/C12H14N4O2/c1-8(2)16-7-9(6-13-16)14-11-5-3-4-10(15-11)12(17)18/h3-8H,1-2H3,(H,14,15)(H,17,18). The van der Waals surface area contributed by atoms with Crippen LogP contribution in [-0.2, 0) is 0 Å². The Morgan fingerprint density at radius 2 is 2.22 bits per heavy atom. The number of aromatic nitrogens is 3. The molecule has 0 aliphatic carbocycles. The molecule has 0 aliphatic heterocycles. The van der Waals surface area contributed by atoms with Crippen LogP contribution in [-0.4, -0.2) is 25.8 Å². The first kappa shape index (κ1) is 12.1. The van der Waals surface area contributed by atoms with E-state index in [1.807, 2.05) is 24.7 Å². The molecule has 0 fully saturated rings. The predicted octanol–water partition coefficient (Wildman–Crippen LogP) is 2.30. The zero-order chi connectivity index (χ0) is 13.1. The van der Waals surface area contributed by atoms with Crippen LogP contribution in [0, 0.1) is 0 Å². The Morgan fingerprint density at radius 1 is 1.44 bits per heavy atom. The number of hydrogen-bond acceptors (Lipinski definition) is 4. The molecule has 2 heterocycles. The van der Waals surface area contributed by atoms with Crippen LogP contribution in [0.3, 0.4) is 0 Å². The monoisotopic (exact) mass is 246 g/mol. The fraction of sp³-hybridized carbons (Fsp3) is 0.250. The molecule has 6 heteroatoms. The topological polar surface area (TPSA) is 80.0 Å². The van der Waals surface area contributed by atoms with E-state index >= 15 is 0 Å². The number of carbonyl (C=O) groups is 1. The lowest BCUT2D eigenvalue weighted by Gasteiger charge is -2.04. The van der Waals surface area contributed by atoms with Crippen molar-refractivity contribution in [1.82, 2.24) is 14.8 Å². The molecule has 0 unspecified atom stereocenters. The summed E-state index contributed by atoms with van der Waals surface area (Å²) in [4.78, 5) is 14.8. The van der Waals surface area contributed by atoms with Crippen molar-refractivity contribution < 1.29 is 9.90 Å². The molecular weight excluding hydrogens is 232 g/mol. The molecule has 0 aromatic carbocycles. The molecule has 6 nitrogen and oxygen atoms in total. The second-order valence-electron chi connectivity index (χ2n) is 4.14. The lowest BCUT2D eigenvalue weighted by Crippen LogP contribution is -2.02. The van der Waals surface area contributed by atoms with Gasteiger partial charge in [0.1, 0.15) is 5.82 Å². The van der Waals surface area contributed by atoms with Gasteiger partial charge in [0.05, 0.1) is 11.9 Å². The molecule has 0 saturated carbocycles. The van der Waals surface area contributed by atoms with Crippen LogP contribution < -0.4 is 5.32 Å². The summed E-state index contributed by atoms with van der Waals surface area (Å²) in [7, 11) is 0. The third kappa shape index (κ3) is 2.65. The van der Waals surface area contributed by atoms with Crippen LogP contribution in [0.1, 0.15) is 30.4 Å². The third-order valence-electron chi connectivity index (χ3n) is 2.37. The Bertz CT molecular complexity index is 563. The molecule has 2 aromatic rings. The van der Waals surface area contributed by atoms with Gasteiger partial charge >= 0.3 is 5.97 Å². The van der Waals surface area contributed by atoms with Gasteiger partial charge in [-0.3, -0.25) is 4.68 Å². The highest BCUT2D eigenvalue weighted by molar-refractivity contribution is 5.85. The van der Waals surface area contributed by atoms with E-state index in [2.05, 4.69) is 15.4 Å². The zero-order valence-corrected chi connectivity index (χ0v) is 10.2. The first-order chi connectivity index (χ1) is 8.56. The summed E-state index contributed by atoms with van der Waals surface area (Å²) < 4.78 is 1.81. The van der Waals surface area contributed by atoms with Gasteiger partial charge in [-0.25, -0.2) is 9.78 Å². The Kier molecular flexibility index (Phi) is 3.27. The summed E-state index contributed by atoms with van der Waals surface area (Å²) in [6, 6.07) is 5.08. The molecule has 0 bridgehead atoms. The molecule has 0 radical (unpaired) electrons. The number of anilines is 2. The van der Waals surface area contributed by atoms with Crippen molar-refractivity contribution in [3.63, 3.8) is 0 Å². The number of pyridine rings is 1. The fourth-order valence-electron chi connectivity index (χ4n) is 1.46. The van der Waals surface area contributed by atoms with Crippen molar-refractivity contribution in [3.05, 3.63) is 36.3 Å². The van der Waals surface area contributed by atoms with Gasteiger partial charge in [-0.1, -0.05) is 6.07 Å². The molecule has 0 atom stereocenters. The summed E-state index contributed by atoms with van der Waals surface area (Å²) in [5.74, 6) is -0.560. The average molecular weight is 246 g/mol. The Balaban J connectivity index is 2.17. The lowest BCUT2D eigenvalue weighted by atomic mass is 10.3. The summed E-state index contributed by atoms with van der Waals surface area (Å²) in [6.45, 7) is 4.06. The largest absolute Gasteiger partial charge is 0.477 e. The van der Waals surface area contributed by atoms with Crippen LogP contribution in [0.15, 0.2) is 30.6 Å². The number of carboxylic acids is 1. The summed E-state index contributed by atoms with van der Waals surface area (Å²) in [6.07, 6.45) is 3.52. The van der Waals surface area contributed by atoms with Gasteiger partial charge in [-0.05, 0) is 26.0 Å². The van der Waals surface area contributed by atoms with Crippen molar-refractivity contribution >= 4 is 17.5 Å². The highest BCUT2D eigenvalue weighted by Gasteiger charge is 2.06. The molecule has 2 rings (SSSR count). The molecule has 2 aromatic heterocycles. The molecule has 0 spiro atoms. The van der Waals surface area contributed by atoms with Gasteiger partial charge in [0, 0.05) is 12.2 Å². The predicted molar refractivity (Wildman–Crippen MR) is 67.1 cm³/mol. The molecule has 0 amide bonds. The van der Waals surface area contributed by atoms with Crippen LogP contribution in [0.2, 0.25) is 0 Å². The molecular formula is C12H14N4O2. The Labute approximate surface area is 104 Å². The van der Waals surface area contributed by atoms with Gasteiger partial charge in [-0.15, -0.1) is 0 Å². The Hall–Kier alpha value is -2.37. The number of aromatic carboxylic acids is 1. The zero-order valence-electron chi connectivity index (χ0n) is 10.2. The van der Waals surface area contributed by atoms with Crippen molar-refractivity contribution in [2.24, 2.45) is 0 Å². The number of rotatable bonds is 4. The highest BCUT2D eigenvalue weighted by atomic mass is 16.4. The molecule has 0 saturated heterocycles. The molecule has 94 valence electrons. The van der Waals surface area contributed by atoms with E-state index in [0.717, 1.165) is 5.69 Å². The normalized spacial score (nSPS) is 10.6. The highest BCUT2D eigenvalue weighted by Crippen LogP contribution is 2.15. The van der Waals surface area contributed by atoms with Gasteiger partial charge in [-0.2, -0.15) is 5.10 Å². The maximum atomic E-state index is 10.8. The second kappa shape index (κ2) is 4.87. The van der Waals surface area contributed by atoms with E-state index in [4.69, 9.17) is 5.11 Å². The van der Waals surface area contributed by atoms with Gasteiger partial charge < -0.3 is 10.4 Å². The van der Waals surface area contributed by atoms with Crippen molar-refractivity contribution in [2.45, 2.75) is 19.9 Å². The van der Waals surface area contributed by atoms with E-state index < -0.39 is 5.97 Å². The maximum Gasteiger partial charge on any atom is 0.354 e. The van der Waals surface area contributed by atoms with Crippen LogP contribution in [0.4, 0.5) is 11.5 Å². The molecule has 0 aliphatic rings. The minimum Gasteiger partial charge on any atom is -0.477 e. The number of hydrogen-bond donors (Lipinski definition) is 2. The Morgan fingerprint density at radius 3 is 2.83 bits per heavy atom.